The zero-order valence-corrected chi connectivity index (χ0v) is 23.4. The molecule has 2 rings (SSSR count). The number of aryl methyl sites for hydroxylation is 2. The van der Waals surface area contributed by atoms with Gasteiger partial charge in [0, 0.05) is 18.0 Å². The van der Waals surface area contributed by atoms with Crippen molar-refractivity contribution in [3.8, 4) is 11.4 Å². The predicted octanol–water partition coefficient (Wildman–Crippen LogP) is 10.5. The van der Waals surface area contributed by atoms with E-state index in [1.165, 1.54) is 127 Å². The van der Waals surface area contributed by atoms with Crippen molar-refractivity contribution in [1.82, 2.24) is 9.97 Å². The second kappa shape index (κ2) is 19.5. The van der Waals surface area contributed by atoms with Gasteiger partial charge in [-0.1, -0.05) is 141 Å². The van der Waals surface area contributed by atoms with E-state index in [0.29, 0.717) is 0 Å². The van der Waals surface area contributed by atoms with Gasteiger partial charge in [0.25, 0.3) is 0 Å². The highest BCUT2D eigenvalue weighted by molar-refractivity contribution is 5.55. The zero-order chi connectivity index (χ0) is 25.0. The Labute approximate surface area is 217 Å². The monoisotopic (exact) mass is 478 g/mol. The van der Waals surface area contributed by atoms with E-state index in [2.05, 4.69) is 55.0 Å². The molecule has 0 saturated carbocycles. The third-order valence-electron chi connectivity index (χ3n) is 7.60. The average Bonchev–Trinajstić information content (AvgIpc) is 2.90. The number of benzene rings is 1. The number of hydrogen-bond donors (Lipinski definition) is 0. The fourth-order valence-corrected chi connectivity index (χ4v) is 4.83. The van der Waals surface area contributed by atoms with Crippen molar-refractivity contribution in [3.05, 3.63) is 47.8 Å². The van der Waals surface area contributed by atoms with Crippen LogP contribution in [0, 0.1) is 5.92 Å². The Morgan fingerprint density at radius 3 is 1.60 bits per heavy atom. The third kappa shape index (κ3) is 13.8. The smallest absolute Gasteiger partial charge is 0.159 e. The molecule has 2 nitrogen and oxygen atoms in total. The second-order valence-corrected chi connectivity index (χ2v) is 10.9. The summed E-state index contributed by atoms with van der Waals surface area (Å²) in [7, 11) is 0. The van der Waals surface area contributed by atoms with Gasteiger partial charge in [0.1, 0.15) is 0 Å². The van der Waals surface area contributed by atoms with Gasteiger partial charge < -0.3 is 0 Å². The van der Waals surface area contributed by atoms with Crippen molar-refractivity contribution in [3.63, 3.8) is 0 Å². The topological polar surface area (TPSA) is 25.8 Å². The molecule has 0 spiro atoms. The van der Waals surface area contributed by atoms with Gasteiger partial charge in [-0.2, -0.15) is 0 Å². The quantitative estimate of drug-likeness (QED) is 0.167. The van der Waals surface area contributed by atoms with Crippen LogP contribution >= 0.6 is 0 Å². The van der Waals surface area contributed by atoms with Crippen molar-refractivity contribution in [2.45, 2.75) is 143 Å². The number of rotatable bonds is 21. The van der Waals surface area contributed by atoms with Crippen LogP contribution in [-0.4, -0.2) is 9.97 Å². The third-order valence-corrected chi connectivity index (χ3v) is 7.60. The highest BCUT2D eigenvalue weighted by atomic mass is 14.9. The van der Waals surface area contributed by atoms with E-state index in [-0.39, 0.29) is 0 Å². The molecular formula is C33H54N2. The van der Waals surface area contributed by atoms with E-state index in [4.69, 9.17) is 0 Å². The molecule has 0 saturated heterocycles. The first-order valence-electron chi connectivity index (χ1n) is 15.1. The molecule has 0 aliphatic heterocycles. The van der Waals surface area contributed by atoms with Crippen molar-refractivity contribution in [2.24, 2.45) is 5.92 Å². The lowest BCUT2D eigenvalue weighted by Crippen LogP contribution is -1.94. The molecule has 1 atom stereocenters. The summed E-state index contributed by atoms with van der Waals surface area (Å²) in [5.74, 6) is 1.75. The lowest BCUT2D eigenvalue weighted by molar-refractivity contribution is 0.471. The lowest BCUT2D eigenvalue weighted by Gasteiger charge is -2.07. The standard InChI is InChI=1S/C33H54N2/c1-4-6-7-8-9-10-11-15-18-21-30-23-25-32(26-24-30)33-34-27-31(28-35-33)22-19-16-13-12-14-17-20-29(3)5-2/h23-29H,4-22H2,1-3H3. The van der Waals surface area contributed by atoms with Gasteiger partial charge in [0.05, 0.1) is 0 Å². The van der Waals surface area contributed by atoms with Crippen LogP contribution in [0.5, 0.6) is 0 Å². The first-order chi connectivity index (χ1) is 17.2. The molecular weight excluding hydrogens is 424 g/mol. The normalized spacial score (nSPS) is 12.2. The van der Waals surface area contributed by atoms with Crippen LogP contribution < -0.4 is 0 Å². The van der Waals surface area contributed by atoms with Crippen molar-refractivity contribution in [1.29, 1.82) is 0 Å². The molecule has 0 aliphatic carbocycles. The fraction of sp³-hybridized carbons (Fsp3) is 0.697. The van der Waals surface area contributed by atoms with E-state index in [1.54, 1.807) is 0 Å². The van der Waals surface area contributed by atoms with Crippen molar-refractivity contribution >= 4 is 0 Å². The Balaban J connectivity index is 1.56. The highest BCUT2D eigenvalue weighted by Crippen LogP contribution is 2.19. The van der Waals surface area contributed by atoms with E-state index in [9.17, 15) is 0 Å². The van der Waals surface area contributed by atoms with Gasteiger partial charge in [0.15, 0.2) is 5.82 Å². The molecule has 0 aliphatic rings. The minimum absolute atomic E-state index is 0.852. The summed E-state index contributed by atoms with van der Waals surface area (Å²) in [6.07, 6.45) is 29.7. The molecule has 2 aromatic rings. The minimum atomic E-state index is 0.852. The van der Waals surface area contributed by atoms with Gasteiger partial charge in [0.2, 0.25) is 0 Å². The molecule has 0 bridgehead atoms. The summed E-state index contributed by atoms with van der Waals surface area (Å²) >= 11 is 0. The molecule has 0 N–H and O–H groups in total. The van der Waals surface area contributed by atoms with Crippen LogP contribution in [0.2, 0.25) is 0 Å². The number of hydrogen-bond acceptors (Lipinski definition) is 2. The van der Waals surface area contributed by atoms with Crippen LogP contribution in [-0.2, 0) is 12.8 Å². The lowest BCUT2D eigenvalue weighted by atomic mass is 9.99. The number of aromatic nitrogens is 2. The Morgan fingerprint density at radius 1 is 0.571 bits per heavy atom. The van der Waals surface area contributed by atoms with Crippen LogP contribution in [0.15, 0.2) is 36.7 Å². The maximum Gasteiger partial charge on any atom is 0.159 e. The van der Waals surface area contributed by atoms with Crippen molar-refractivity contribution in [2.75, 3.05) is 0 Å². The molecule has 196 valence electrons. The molecule has 1 heterocycles. The molecule has 0 amide bonds. The average molecular weight is 479 g/mol. The Hall–Kier alpha value is -1.70. The fourth-order valence-electron chi connectivity index (χ4n) is 4.83. The molecule has 35 heavy (non-hydrogen) atoms. The van der Waals surface area contributed by atoms with Gasteiger partial charge in [-0.05, 0) is 42.7 Å². The zero-order valence-electron chi connectivity index (χ0n) is 23.4. The molecule has 0 fully saturated rings. The predicted molar refractivity (Wildman–Crippen MR) is 154 cm³/mol. The summed E-state index contributed by atoms with van der Waals surface area (Å²) in [5.41, 5.74) is 3.84. The summed E-state index contributed by atoms with van der Waals surface area (Å²) in [6, 6.07) is 8.92. The Kier molecular flexibility index (Phi) is 16.4. The summed E-state index contributed by atoms with van der Waals surface area (Å²) in [5, 5.41) is 0. The van der Waals surface area contributed by atoms with E-state index < -0.39 is 0 Å². The van der Waals surface area contributed by atoms with Crippen molar-refractivity contribution < 1.29 is 0 Å². The first kappa shape index (κ1) is 29.5. The molecule has 1 aromatic carbocycles. The molecule has 0 radical (unpaired) electrons. The SMILES string of the molecule is CCCCCCCCCCCc1ccc(-c2ncc(CCCCCCCCC(C)CC)cn2)cc1. The molecule has 1 unspecified atom stereocenters. The van der Waals surface area contributed by atoms with Crippen LogP contribution in [0.25, 0.3) is 11.4 Å². The molecule has 2 heteroatoms. The van der Waals surface area contributed by atoms with Gasteiger partial charge >= 0.3 is 0 Å². The largest absolute Gasteiger partial charge is 0.236 e. The first-order valence-corrected chi connectivity index (χ1v) is 15.1. The van der Waals surface area contributed by atoms with E-state index in [0.717, 1.165) is 23.7 Å². The van der Waals surface area contributed by atoms with Crippen LogP contribution in [0.1, 0.15) is 141 Å². The maximum absolute atomic E-state index is 4.65. The Morgan fingerprint density at radius 2 is 1.06 bits per heavy atom. The van der Waals surface area contributed by atoms with Gasteiger partial charge in [-0.25, -0.2) is 9.97 Å². The van der Waals surface area contributed by atoms with E-state index in [1.807, 2.05) is 12.4 Å². The van der Waals surface area contributed by atoms with Crippen LogP contribution in [0.4, 0.5) is 0 Å². The number of unbranched alkanes of at least 4 members (excludes halogenated alkanes) is 13. The minimum Gasteiger partial charge on any atom is -0.236 e. The second-order valence-electron chi connectivity index (χ2n) is 10.9. The van der Waals surface area contributed by atoms with Crippen LogP contribution in [0.3, 0.4) is 0 Å². The maximum atomic E-state index is 4.65. The number of nitrogens with zero attached hydrogens (tertiary/aromatic N) is 2. The highest BCUT2D eigenvalue weighted by Gasteiger charge is 2.03. The Bertz CT molecular complexity index is 735. The summed E-state index contributed by atoms with van der Waals surface area (Å²) < 4.78 is 0. The summed E-state index contributed by atoms with van der Waals surface area (Å²) in [6.45, 7) is 6.97. The van der Waals surface area contributed by atoms with Gasteiger partial charge in [-0.15, -0.1) is 0 Å². The summed E-state index contributed by atoms with van der Waals surface area (Å²) in [4.78, 5) is 9.31. The van der Waals surface area contributed by atoms with Gasteiger partial charge in [-0.3, -0.25) is 0 Å². The molecule has 1 aromatic heterocycles. The van der Waals surface area contributed by atoms with E-state index >= 15 is 0 Å².